The highest BCUT2D eigenvalue weighted by atomic mass is 14.8. The van der Waals surface area contributed by atoms with Gasteiger partial charge in [-0.05, 0) is 23.8 Å². The Balaban J connectivity index is 2.19. The second-order valence-electron chi connectivity index (χ2n) is 3.23. The van der Waals surface area contributed by atoms with Gasteiger partial charge in [0.05, 0.1) is 5.69 Å². The number of benzene rings is 1. The van der Waals surface area contributed by atoms with Crippen LogP contribution in [0.1, 0.15) is 11.3 Å². The smallest absolute Gasteiger partial charge is 0.124 e. The SMILES string of the molecule is Nc1cccc(C=Cc2ccccc2)n1. The van der Waals surface area contributed by atoms with E-state index in [1.165, 1.54) is 0 Å². The Bertz CT molecular complexity index is 461. The maximum Gasteiger partial charge on any atom is 0.124 e. The number of nitrogen functional groups attached to an aromatic ring is 1. The first-order valence-electron chi connectivity index (χ1n) is 4.80. The van der Waals surface area contributed by atoms with Gasteiger partial charge >= 0.3 is 0 Å². The van der Waals surface area contributed by atoms with E-state index in [1.54, 1.807) is 6.07 Å². The van der Waals surface area contributed by atoms with Crippen LogP contribution < -0.4 is 5.73 Å². The molecule has 0 fully saturated rings. The monoisotopic (exact) mass is 196 g/mol. The average molecular weight is 196 g/mol. The Morgan fingerprint density at radius 3 is 2.40 bits per heavy atom. The van der Waals surface area contributed by atoms with Crippen molar-refractivity contribution in [2.24, 2.45) is 0 Å². The lowest BCUT2D eigenvalue weighted by Gasteiger charge is -1.95. The third kappa shape index (κ3) is 2.68. The van der Waals surface area contributed by atoms with Crippen molar-refractivity contribution in [3.8, 4) is 0 Å². The van der Waals surface area contributed by atoms with Crippen LogP contribution in [0.15, 0.2) is 48.5 Å². The van der Waals surface area contributed by atoms with E-state index in [1.807, 2.05) is 54.6 Å². The Morgan fingerprint density at radius 2 is 1.67 bits per heavy atom. The molecule has 2 heteroatoms. The van der Waals surface area contributed by atoms with Crippen LogP contribution in [0.3, 0.4) is 0 Å². The third-order valence-corrected chi connectivity index (χ3v) is 2.04. The molecule has 2 rings (SSSR count). The zero-order valence-electron chi connectivity index (χ0n) is 8.30. The van der Waals surface area contributed by atoms with E-state index in [0.29, 0.717) is 5.82 Å². The van der Waals surface area contributed by atoms with E-state index in [2.05, 4.69) is 4.98 Å². The molecule has 0 amide bonds. The largest absolute Gasteiger partial charge is 0.384 e. The Labute approximate surface area is 89.1 Å². The predicted octanol–water partition coefficient (Wildman–Crippen LogP) is 2.83. The van der Waals surface area contributed by atoms with Crippen molar-refractivity contribution in [2.45, 2.75) is 0 Å². The van der Waals surface area contributed by atoms with Gasteiger partial charge in [-0.1, -0.05) is 42.5 Å². The molecule has 0 aliphatic rings. The van der Waals surface area contributed by atoms with Crippen molar-refractivity contribution >= 4 is 18.0 Å². The van der Waals surface area contributed by atoms with Crippen molar-refractivity contribution in [1.29, 1.82) is 0 Å². The lowest BCUT2D eigenvalue weighted by molar-refractivity contribution is 1.31. The van der Waals surface area contributed by atoms with E-state index in [-0.39, 0.29) is 0 Å². The topological polar surface area (TPSA) is 38.9 Å². The van der Waals surface area contributed by atoms with Crippen LogP contribution in [0.4, 0.5) is 5.82 Å². The first-order valence-corrected chi connectivity index (χ1v) is 4.80. The van der Waals surface area contributed by atoms with Gasteiger partial charge in [0.15, 0.2) is 0 Å². The first-order chi connectivity index (χ1) is 7.34. The minimum Gasteiger partial charge on any atom is -0.384 e. The number of pyridine rings is 1. The van der Waals surface area contributed by atoms with Crippen LogP contribution in [-0.2, 0) is 0 Å². The fraction of sp³-hybridized carbons (Fsp3) is 0. The summed E-state index contributed by atoms with van der Waals surface area (Å²) in [6.07, 6.45) is 3.97. The second-order valence-corrected chi connectivity index (χ2v) is 3.23. The van der Waals surface area contributed by atoms with Gasteiger partial charge in [-0.3, -0.25) is 0 Å². The Kier molecular flexibility index (Phi) is 2.79. The molecule has 2 nitrogen and oxygen atoms in total. The van der Waals surface area contributed by atoms with Gasteiger partial charge in [0.2, 0.25) is 0 Å². The summed E-state index contributed by atoms with van der Waals surface area (Å²) in [7, 11) is 0. The molecule has 0 unspecified atom stereocenters. The zero-order chi connectivity index (χ0) is 10.5. The molecule has 0 spiro atoms. The molecule has 0 aliphatic carbocycles. The molecule has 2 N–H and O–H groups in total. The molecule has 15 heavy (non-hydrogen) atoms. The van der Waals surface area contributed by atoms with E-state index in [9.17, 15) is 0 Å². The molecule has 0 radical (unpaired) electrons. The van der Waals surface area contributed by atoms with E-state index < -0.39 is 0 Å². The van der Waals surface area contributed by atoms with Gasteiger partial charge in [0, 0.05) is 0 Å². The number of rotatable bonds is 2. The Hall–Kier alpha value is -2.09. The summed E-state index contributed by atoms with van der Waals surface area (Å²) >= 11 is 0. The van der Waals surface area contributed by atoms with Crippen LogP contribution in [-0.4, -0.2) is 4.98 Å². The summed E-state index contributed by atoms with van der Waals surface area (Å²) in [6.45, 7) is 0. The first kappa shape index (κ1) is 9.46. The van der Waals surface area contributed by atoms with Crippen molar-refractivity contribution in [2.75, 3.05) is 5.73 Å². The number of hydrogen-bond donors (Lipinski definition) is 1. The molecule has 0 bridgehead atoms. The molecule has 0 atom stereocenters. The normalized spacial score (nSPS) is 10.7. The fourth-order valence-electron chi connectivity index (χ4n) is 1.31. The highest BCUT2D eigenvalue weighted by molar-refractivity contribution is 5.68. The van der Waals surface area contributed by atoms with Crippen LogP contribution in [0.25, 0.3) is 12.2 Å². The summed E-state index contributed by atoms with van der Waals surface area (Å²) < 4.78 is 0. The molecular formula is C13H12N2. The van der Waals surface area contributed by atoms with Crippen molar-refractivity contribution in [1.82, 2.24) is 4.98 Å². The number of aromatic nitrogens is 1. The van der Waals surface area contributed by atoms with Crippen molar-refractivity contribution < 1.29 is 0 Å². The van der Waals surface area contributed by atoms with Crippen molar-refractivity contribution in [3.05, 3.63) is 59.8 Å². The molecule has 1 heterocycles. The third-order valence-electron chi connectivity index (χ3n) is 2.04. The average Bonchev–Trinajstić information content (AvgIpc) is 2.28. The summed E-state index contributed by atoms with van der Waals surface area (Å²) in [4.78, 5) is 4.18. The predicted molar refractivity (Wildman–Crippen MR) is 64.0 cm³/mol. The van der Waals surface area contributed by atoms with Crippen LogP contribution in [0.5, 0.6) is 0 Å². The number of nitrogens with zero attached hydrogens (tertiary/aromatic N) is 1. The molecule has 1 aromatic heterocycles. The maximum absolute atomic E-state index is 5.58. The molecular weight excluding hydrogens is 184 g/mol. The molecule has 0 saturated carbocycles. The number of anilines is 1. The van der Waals surface area contributed by atoms with Gasteiger partial charge in [-0.15, -0.1) is 0 Å². The standard InChI is InChI=1S/C13H12N2/c14-13-8-4-7-12(15-13)10-9-11-5-2-1-3-6-11/h1-10H,(H2,14,15). The second kappa shape index (κ2) is 4.42. The van der Waals surface area contributed by atoms with E-state index in [0.717, 1.165) is 11.3 Å². The molecule has 2 aromatic rings. The number of nitrogens with two attached hydrogens (primary N) is 1. The van der Waals surface area contributed by atoms with Crippen LogP contribution in [0, 0.1) is 0 Å². The highest BCUT2D eigenvalue weighted by Gasteiger charge is 1.89. The van der Waals surface area contributed by atoms with Gasteiger partial charge in [0.25, 0.3) is 0 Å². The summed E-state index contributed by atoms with van der Waals surface area (Å²) in [5.74, 6) is 0.546. The molecule has 1 aromatic carbocycles. The number of hydrogen-bond acceptors (Lipinski definition) is 2. The lowest BCUT2D eigenvalue weighted by atomic mass is 10.2. The van der Waals surface area contributed by atoms with E-state index in [4.69, 9.17) is 5.73 Å². The quantitative estimate of drug-likeness (QED) is 0.802. The van der Waals surface area contributed by atoms with Gasteiger partial charge in [-0.25, -0.2) is 4.98 Å². The minimum absolute atomic E-state index is 0.546. The summed E-state index contributed by atoms with van der Waals surface area (Å²) in [5.41, 5.74) is 7.61. The fourth-order valence-corrected chi connectivity index (χ4v) is 1.31. The maximum atomic E-state index is 5.58. The van der Waals surface area contributed by atoms with Gasteiger partial charge in [0.1, 0.15) is 5.82 Å². The summed E-state index contributed by atoms with van der Waals surface area (Å²) in [5, 5.41) is 0. The minimum atomic E-state index is 0.546. The molecule has 74 valence electrons. The molecule has 0 aliphatic heterocycles. The van der Waals surface area contributed by atoms with E-state index >= 15 is 0 Å². The Morgan fingerprint density at radius 1 is 0.867 bits per heavy atom. The van der Waals surface area contributed by atoms with Crippen LogP contribution >= 0.6 is 0 Å². The summed E-state index contributed by atoms with van der Waals surface area (Å²) in [6, 6.07) is 15.7. The van der Waals surface area contributed by atoms with Crippen molar-refractivity contribution in [3.63, 3.8) is 0 Å². The van der Waals surface area contributed by atoms with Crippen LogP contribution in [0.2, 0.25) is 0 Å². The molecule has 0 saturated heterocycles. The lowest BCUT2D eigenvalue weighted by Crippen LogP contribution is -1.90. The highest BCUT2D eigenvalue weighted by Crippen LogP contribution is 2.07. The van der Waals surface area contributed by atoms with Gasteiger partial charge < -0.3 is 5.73 Å². The van der Waals surface area contributed by atoms with Gasteiger partial charge in [-0.2, -0.15) is 0 Å². The zero-order valence-corrected chi connectivity index (χ0v) is 8.30.